The number of nitrogens with zero attached hydrogens (tertiary/aromatic N) is 3. The molecular weight excluding hydrogens is 522 g/mol. The number of carbonyl (C=O) groups is 3. The van der Waals surface area contributed by atoms with Crippen LogP contribution in [0.2, 0.25) is 0 Å². The molecule has 2 fully saturated rings. The van der Waals surface area contributed by atoms with E-state index in [0.717, 1.165) is 62.2 Å². The summed E-state index contributed by atoms with van der Waals surface area (Å²) in [5, 5.41) is 45.2. The van der Waals surface area contributed by atoms with Crippen molar-refractivity contribution in [3.63, 3.8) is 0 Å². The molecule has 1 aromatic carbocycles. The van der Waals surface area contributed by atoms with E-state index in [0.29, 0.717) is 12.1 Å². The monoisotopic (exact) mass is 559 g/mol. The van der Waals surface area contributed by atoms with Gasteiger partial charge in [-0.05, 0) is 49.8 Å². The zero-order valence-electron chi connectivity index (χ0n) is 22.7. The summed E-state index contributed by atoms with van der Waals surface area (Å²) < 4.78 is 5.25. The van der Waals surface area contributed by atoms with Crippen molar-refractivity contribution >= 4 is 17.9 Å². The van der Waals surface area contributed by atoms with Crippen LogP contribution < -0.4 is 4.74 Å². The summed E-state index contributed by atoms with van der Waals surface area (Å²) in [5.41, 5.74) is -1.30. The van der Waals surface area contributed by atoms with Crippen LogP contribution in [-0.2, 0) is 33.0 Å². The van der Waals surface area contributed by atoms with E-state index in [1.807, 2.05) is 36.7 Å². The Balaban J connectivity index is 0.000000289. The number of piperidine rings is 1. The number of aliphatic hydroxyl groups is 2. The number of rotatable bonds is 11. The van der Waals surface area contributed by atoms with Crippen LogP contribution in [0.15, 0.2) is 36.7 Å². The predicted molar refractivity (Wildman–Crippen MR) is 142 cm³/mol. The van der Waals surface area contributed by atoms with Crippen LogP contribution in [0.25, 0.3) is 0 Å². The molecule has 2 aliphatic rings. The summed E-state index contributed by atoms with van der Waals surface area (Å²) >= 11 is 0. The predicted octanol–water partition coefficient (Wildman–Crippen LogP) is 2.20. The number of carboxylic acids is 3. The Morgan fingerprint density at radius 3 is 1.95 bits per heavy atom. The van der Waals surface area contributed by atoms with Crippen LogP contribution in [0.5, 0.6) is 5.75 Å². The molecule has 0 saturated carbocycles. The van der Waals surface area contributed by atoms with Gasteiger partial charge in [0, 0.05) is 43.0 Å². The van der Waals surface area contributed by atoms with Gasteiger partial charge in [0.15, 0.2) is 5.60 Å². The molecule has 2 saturated heterocycles. The second-order valence-electron chi connectivity index (χ2n) is 10.5. The minimum Gasteiger partial charge on any atom is -0.497 e. The minimum atomic E-state index is -2.74. The maximum Gasteiger partial charge on any atom is 0.336 e. The van der Waals surface area contributed by atoms with Crippen LogP contribution in [0.1, 0.15) is 68.8 Å². The lowest BCUT2D eigenvalue weighted by molar-refractivity contribution is -0.170. The molecule has 0 amide bonds. The summed E-state index contributed by atoms with van der Waals surface area (Å²) in [4.78, 5) is 42.0. The molecule has 1 aromatic heterocycles. The zero-order chi connectivity index (χ0) is 29.5. The molecule has 3 heterocycles. The van der Waals surface area contributed by atoms with Gasteiger partial charge in [-0.1, -0.05) is 19.1 Å². The van der Waals surface area contributed by atoms with Crippen LogP contribution in [0.4, 0.5) is 0 Å². The molecule has 2 aromatic rings. The minimum absolute atomic E-state index is 0.408. The number of carboxylic acid groups (broad SMARTS) is 3. The number of ether oxygens (including phenoxy) is 1. The van der Waals surface area contributed by atoms with Gasteiger partial charge < -0.3 is 30.3 Å². The molecule has 40 heavy (non-hydrogen) atoms. The van der Waals surface area contributed by atoms with E-state index in [2.05, 4.69) is 21.8 Å². The van der Waals surface area contributed by atoms with Crippen molar-refractivity contribution in [2.24, 2.45) is 0 Å². The summed E-state index contributed by atoms with van der Waals surface area (Å²) in [6.45, 7) is 3.02. The van der Waals surface area contributed by atoms with Gasteiger partial charge >= 0.3 is 17.9 Å². The van der Waals surface area contributed by atoms with Crippen LogP contribution >= 0.6 is 0 Å². The third kappa shape index (κ3) is 7.74. The Bertz CT molecular complexity index is 1140. The SMILES string of the molecule is CCCc1ncc(CN2C3CCC2CC(O)(c2ccc(OC)cc2)C3)cn1.O=C(O)CC(O)(CC(=O)O)C(=O)O. The van der Waals surface area contributed by atoms with Crippen LogP contribution in [-0.4, -0.2) is 83.1 Å². The third-order valence-electron chi connectivity index (χ3n) is 7.43. The Labute approximate surface area is 232 Å². The summed E-state index contributed by atoms with van der Waals surface area (Å²) in [7, 11) is 1.67. The number of hydrogen-bond acceptors (Lipinski definition) is 9. The van der Waals surface area contributed by atoms with Gasteiger partial charge in [-0.3, -0.25) is 14.5 Å². The van der Waals surface area contributed by atoms with E-state index in [-0.39, 0.29) is 0 Å². The molecular formula is C28H37N3O9. The van der Waals surface area contributed by atoms with Gasteiger partial charge in [0.25, 0.3) is 0 Å². The van der Waals surface area contributed by atoms with Crippen molar-refractivity contribution in [1.82, 2.24) is 14.9 Å². The van der Waals surface area contributed by atoms with Crippen LogP contribution in [0, 0.1) is 0 Å². The quantitative estimate of drug-likeness (QED) is 0.270. The van der Waals surface area contributed by atoms with Gasteiger partial charge in [0.05, 0.1) is 25.6 Å². The van der Waals surface area contributed by atoms with Gasteiger partial charge in [-0.15, -0.1) is 0 Å². The standard InChI is InChI=1S/C22H29N3O2.C6H8O7/c1-3-4-21-23-13-16(14-24-21)15-25-18-7-8-19(25)12-22(26,11-18)17-5-9-20(27-2)10-6-17;7-3(8)1-6(13,5(11)12)2-4(9)10/h5-6,9-10,13-14,18-19,26H,3-4,7-8,11-12,15H2,1-2H3;13H,1-2H2,(H,7,8)(H,9,10)(H,11,12). The molecule has 5 N–H and O–H groups in total. The first-order valence-corrected chi connectivity index (χ1v) is 13.2. The summed E-state index contributed by atoms with van der Waals surface area (Å²) in [6, 6.07) is 8.72. The van der Waals surface area contributed by atoms with E-state index in [1.54, 1.807) is 7.11 Å². The zero-order valence-corrected chi connectivity index (χ0v) is 22.7. The van der Waals surface area contributed by atoms with E-state index in [9.17, 15) is 19.5 Å². The Kier molecular flexibility index (Phi) is 10.2. The van der Waals surface area contributed by atoms with E-state index < -0.39 is 42.0 Å². The fourth-order valence-electron chi connectivity index (χ4n) is 5.45. The second kappa shape index (κ2) is 13.2. The highest BCUT2D eigenvalue weighted by Crippen LogP contribution is 2.46. The number of benzene rings is 1. The van der Waals surface area contributed by atoms with E-state index in [4.69, 9.17) is 25.2 Å². The molecule has 0 aliphatic carbocycles. The maximum absolute atomic E-state index is 11.4. The fraction of sp³-hybridized carbons (Fsp3) is 0.536. The van der Waals surface area contributed by atoms with Crippen LogP contribution in [0.3, 0.4) is 0 Å². The van der Waals surface area contributed by atoms with E-state index in [1.165, 1.54) is 5.56 Å². The molecule has 0 radical (unpaired) electrons. The van der Waals surface area contributed by atoms with Crippen molar-refractivity contribution in [2.45, 2.75) is 88.1 Å². The van der Waals surface area contributed by atoms with Crippen molar-refractivity contribution < 1.29 is 44.7 Å². The largest absolute Gasteiger partial charge is 0.497 e. The highest BCUT2D eigenvalue weighted by molar-refractivity contribution is 5.88. The Morgan fingerprint density at radius 1 is 1.00 bits per heavy atom. The molecule has 2 aliphatic heterocycles. The highest BCUT2D eigenvalue weighted by Gasteiger charge is 2.48. The number of aryl methyl sites for hydroxylation is 1. The maximum atomic E-state index is 11.4. The lowest BCUT2D eigenvalue weighted by Crippen LogP contribution is -2.49. The number of hydrogen-bond donors (Lipinski definition) is 5. The molecule has 2 unspecified atom stereocenters. The summed E-state index contributed by atoms with van der Waals surface area (Å²) in [5.74, 6) is -3.26. The smallest absolute Gasteiger partial charge is 0.336 e. The molecule has 12 nitrogen and oxygen atoms in total. The lowest BCUT2D eigenvalue weighted by atomic mass is 9.80. The fourth-order valence-corrected chi connectivity index (χ4v) is 5.45. The molecule has 2 bridgehead atoms. The van der Waals surface area contributed by atoms with Crippen molar-refractivity contribution in [3.05, 3.63) is 53.6 Å². The van der Waals surface area contributed by atoms with Gasteiger partial charge in [0.2, 0.25) is 0 Å². The van der Waals surface area contributed by atoms with Gasteiger partial charge in [0.1, 0.15) is 11.6 Å². The van der Waals surface area contributed by atoms with Crippen molar-refractivity contribution in [2.75, 3.05) is 7.11 Å². The number of aliphatic carboxylic acids is 3. The molecule has 12 heteroatoms. The summed E-state index contributed by atoms with van der Waals surface area (Å²) in [6.07, 6.45) is 7.53. The third-order valence-corrected chi connectivity index (χ3v) is 7.43. The first kappa shape index (κ1) is 30.9. The molecule has 2 atom stereocenters. The highest BCUT2D eigenvalue weighted by atomic mass is 16.5. The first-order chi connectivity index (χ1) is 18.9. The van der Waals surface area contributed by atoms with Gasteiger partial charge in [-0.25, -0.2) is 14.8 Å². The second-order valence-corrected chi connectivity index (χ2v) is 10.5. The normalized spacial score (nSPS) is 22.2. The van der Waals surface area contributed by atoms with E-state index >= 15 is 0 Å². The first-order valence-electron chi connectivity index (χ1n) is 13.2. The number of aromatic nitrogens is 2. The molecule has 4 rings (SSSR count). The number of fused-ring (bicyclic) bond motifs is 2. The molecule has 218 valence electrons. The van der Waals surface area contributed by atoms with Gasteiger partial charge in [-0.2, -0.15) is 0 Å². The topological polar surface area (TPSA) is 191 Å². The average molecular weight is 560 g/mol. The molecule has 0 spiro atoms. The van der Waals surface area contributed by atoms with Crippen molar-refractivity contribution in [1.29, 1.82) is 0 Å². The lowest BCUT2D eigenvalue weighted by Gasteiger charge is -2.44. The Hall–Kier alpha value is -3.61. The Morgan fingerprint density at radius 2 is 1.52 bits per heavy atom. The van der Waals surface area contributed by atoms with Crippen molar-refractivity contribution in [3.8, 4) is 5.75 Å². The average Bonchev–Trinajstić information content (AvgIpc) is 3.13. The number of methoxy groups -OCH3 is 1.